The highest BCUT2D eigenvalue weighted by atomic mass is 19.1. The third-order valence-electron chi connectivity index (χ3n) is 3.75. The molecule has 1 aromatic rings. The molecule has 1 heterocycles. The molecule has 0 aliphatic carbocycles. The molecule has 0 bridgehead atoms. The molecular formula is C16H23FN2O. The normalized spacial score (nSPS) is 23.8. The number of hydrogen-bond donors (Lipinski definition) is 1. The van der Waals surface area contributed by atoms with Crippen LogP contribution in [0.3, 0.4) is 0 Å². The maximum Gasteiger partial charge on any atom is 0.228 e. The minimum absolute atomic E-state index is 0.0677. The fourth-order valence-electron chi connectivity index (χ4n) is 2.50. The average molecular weight is 278 g/mol. The Morgan fingerprint density at radius 3 is 2.45 bits per heavy atom. The van der Waals surface area contributed by atoms with Crippen LogP contribution in [-0.2, 0) is 4.79 Å². The summed E-state index contributed by atoms with van der Waals surface area (Å²) in [5.41, 5.74) is 0.642. The van der Waals surface area contributed by atoms with E-state index in [0.717, 1.165) is 12.1 Å². The van der Waals surface area contributed by atoms with Crippen molar-refractivity contribution in [2.24, 2.45) is 5.41 Å². The SMILES string of the molecule is C[C@@H]1CN[C@@H](c2ccc(F)cc2)CN1C(=O)C(C)(C)C. The third-order valence-corrected chi connectivity index (χ3v) is 3.75. The first-order valence-electron chi connectivity index (χ1n) is 7.09. The Morgan fingerprint density at radius 1 is 1.30 bits per heavy atom. The number of benzene rings is 1. The summed E-state index contributed by atoms with van der Waals surface area (Å²) in [4.78, 5) is 14.4. The molecule has 1 N–H and O–H groups in total. The summed E-state index contributed by atoms with van der Waals surface area (Å²) in [6.45, 7) is 9.26. The molecule has 0 spiro atoms. The van der Waals surface area contributed by atoms with E-state index in [2.05, 4.69) is 12.2 Å². The quantitative estimate of drug-likeness (QED) is 0.856. The Kier molecular flexibility index (Phi) is 4.14. The molecular weight excluding hydrogens is 255 g/mol. The molecule has 0 aromatic heterocycles. The van der Waals surface area contributed by atoms with Gasteiger partial charge in [-0.1, -0.05) is 32.9 Å². The van der Waals surface area contributed by atoms with Crippen LogP contribution in [0, 0.1) is 11.2 Å². The van der Waals surface area contributed by atoms with Gasteiger partial charge in [0.15, 0.2) is 0 Å². The van der Waals surface area contributed by atoms with Crippen molar-refractivity contribution in [2.45, 2.75) is 39.8 Å². The highest BCUT2D eigenvalue weighted by Gasteiger charge is 2.34. The van der Waals surface area contributed by atoms with Crippen LogP contribution < -0.4 is 5.32 Å². The summed E-state index contributed by atoms with van der Waals surface area (Å²) in [5.74, 6) is -0.0702. The third kappa shape index (κ3) is 3.18. The first-order chi connectivity index (χ1) is 9.29. The smallest absolute Gasteiger partial charge is 0.228 e. The van der Waals surface area contributed by atoms with Gasteiger partial charge in [-0.05, 0) is 24.6 Å². The van der Waals surface area contributed by atoms with Crippen LogP contribution in [0.4, 0.5) is 4.39 Å². The van der Waals surface area contributed by atoms with Gasteiger partial charge >= 0.3 is 0 Å². The standard InChI is InChI=1S/C16H23FN2O/c1-11-9-18-14(12-5-7-13(17)8-6-12)10-19(11)15(20)16(2,3)4/h5-8,11,14,18H,9-10H2,1-4H3/t11-,14-/m1/s1. The van der Waals surface area contributed by atoms with Crippen molar-refractivity contribution in [3.8, 4) is 0 Å². The minimum atomic E-state index is -0.376. The van der Waals surface area contributed by atoms with Crippen molar-refractivity contribution in [2.75, 3.05) is 13.1 Å². The Labute approximate surface area is 120 Å². The summed E-state index contributed by atoms with van der Waals surface area (Å²) in [6.07, 6.45) is 0. The number of halogens is 1. The molecule has 1 aliphatic heterocycles. The van der Waals surface area contributed by atoms with Gasteiger partial charge in [0.25, 0.3) is 0 Å². The zero-order valence-corrected chi connectivity index (χ0v) is 12.6. The van der Waals surface area contributed by atoms with Crippen molar-refractivity contribution < 1.29 is 9.18 Å². The van der Waals surface area contributed by atoms with Gasteiger partial charge in [-0.25, -0.2) is 4.39 Å². The molecule has 0 saturated carbocycles. The van der Waals surface area contributed by atoms with Crippen LogP contribution in [0.15, 0.2) is 24.3 Å². The molecule has 20 heavy (non-hydrogen) atoms. The Hall–Kier alpha value is -1.42. The van der Waals surface area contributed by atoms with Crippen molar-refractivity contribution in [3.63, 3.8) is 0 Å². The summed E-state index contributed by atoms with van der Waals surface area (Å²) < 4.78 is 13.0. The summed E-state index contributed by atoms with van der Waals surface area (Å²) >= 11 is 0. The fraction of sp³-hybridized carbons (Fsp3) is 0.562. The van der Waals surface area contributed by atoms with E-state index in [-0.39, 0.29) is 29.2 Å². The predicted molar refractivity (Wildman–Crippen MR) is 77.8 cm³/mol. The number of piperazine rings is 1. The highest BCUT2D eigenvalue weighted by molar-refractivity contribution is 5.82. The van der Waals surface area contributed by atoms with Crippen LogP contribution >= 0.6 is 0 Å². The fourth-order valence-corrected chi connectivity index (χ4v) is 2.50. The van der Waals surface area contributed by atoms with Crippen molar-refractivity contribution in [3.05, 3.63) is 35.6 Å². The molecule has 2 rings (SSSR count). The van der Waals surface area contributed by atoms with Crippen molar-refractivity contribution >= 4 is 5.91 Å². The number of nitrogens with one attached hydrogen (secondary N) is 1. The van der Waals surface area contributed by atoms with Crippen LogP contribution in [0.25, 0.3) is 0 Å². The second-order valence-electron chi connectivity index (χ2n) is 6.57. The molecule has 0 radical (unpaired) electrons. The maximum atomic E-state index is 13.0. The van der Waals surface area contributed by atoms with Gasteiger partial charge in [0.05, 0.1) is 0 Å². The number of hydrogen-bond acceptors (Lipinski definition) is 2. The molecule has 1 aromatic carbocycles. The molecule has 1 fully saturated rings. The Bertz CT molecular complexity index is 478. The number of nitrogens with zero attached hydrogens (tertiary/aromatic N) is 1. The zero-order chi connectivity index (χ0) is 14.9. The number of amides is 1. The summed E-state index contributed by atoms with van der Waals surface area (Å²) in [5, 5.41) is 3.42. The largest absolute Gasteiger partial charge is 0.336 e. The monoisotopic (exact) mass is 278 g/mol. The van der Waals surface area contributed by atoms with E-state index in [1.54, 1.807) is 12.1 Å². The van der Waals surface area contributed by atoms with Gasteiger partial charge < -0.3 is 10.2 Å². The van der Waals surface area contributed by atoms with Gasteiger partial charge in [-0.15, -0.1) is 0 Å². The van der Waals surface area contributed by atoms with E-state index in [1.165, 1.54) is 12.1 Å². The number of carbonyl (C=O) groups excluding carboxylic acids is 1. The van der Waals surface area contributed by atoms with E-state index in [0.29, 0.717) is 6.54 Å². The molecule has 110 valence electrons. The van der Waals surface area contributed by atoms with Gasteiger partial charge in [0.1, 0.15) is 5.82 Å². The van der Waals surface area contributed by atoms with E-state index in [4.69, 9.17) is 0 Å². The van der Waals surface area contributed by atoms with Crippen LogP contribution in [-0.4, -0.2) is 29.9 Å². The van der Waals surface area contributed by atoms with E-state index in [1.807, 2.05) is 25.7 Å². The zero-order valence-electron chi connectivity index (χ0n) is 12.6. The lowest BCUT2D eigenvalue weighted by Gasteiger charge is -2.41. The number of rotatable bonds is 1. The van der Waals surface area contributed by atoms with Gasteiger partial charge in [-0.2, -0.15) is 0 Å². The Morgan fingerprint density at radius 2 is 1.90 bits per heavy atom. The summed E-state index contributed by atoms with van der Waals surface area (Å²) in [6, 6.07) is 6.73. The molecule has 1 aliphatic rings. The van der Waals surface area contributed by atoms with Crippen LogP contribution in [0.2, 0.25) is 0 Å². The summed E-state index contributed by atoms with van der Waals surface area (Å²) in [7, 11) is 0. The molecule has 3 nitrogen and oxygen atoms in total. The van der Waals surface area contributed by atoms with Crippen LogP contribution in [0.5, 0.6) is 0 Å². The lowest BCUT2D eigenvalue weighted by Crippen LogP contribution is -2.56. The predicted octanol–water partition coefficient (Wildman–Crippen LogP) is 2.73. The van der Waals surface area contributed by atoms with Gasteiger partial charge in [-0.3, -0.25) is 4.79 Å². The first kappa shape index (κ1) is 15.0. The van der Waals surface area contributed by atoms with Crippen LogP contribution in [0.1, 0.15) is 39.3 Å². The lowest BCUT2D eigenvalue weighted by atomic mass is 9.92. The van der Waals surface area contributed by atoms with Gasteiger partial charge in [0, 0.05) is 30.6 Å². The lowest BCUT2D eigenvalue weighted by molar-refractivity contribution is -0.143. The topological polar surface area (TPSA) is 32.3 Å². The molecule has 1 amide bonds. The maximum absolute atomic E-state index is 13.0. The van der Waals surface area contributed by atoms with Gasteiger partial charge in [0.2, 0.25) is 5.91 Å². The second-order valence-corrected chi connectivity index (χ2v) is 6.57. The highest BCUT2D eigenvalue weighted by Crippen LogP contribution is 2.25. The van der Waals surface area contributed by atoms with Crippen molar-refractivity contribution in [1.29, 1.82) is 0 Å². The van der Waals surface area contributed by atoms with E-state index < -0.39 is 0 Å². The molecule has 2 atom stereocenters. The molecule has 1 saturated heterocycles. The number of carbonyl (C=O) groups is 1. The van der Waals surface area contributed by atoms with E-state index in [9.17, 15) is 9.18 Å². The Balaban J connectivity index is 2.16. The van der Waals surface area contributed by atoms with Crippen molar-refractivity contribution in [1.82, 2.24) is 10.2 Å². The second kappa shape index (κ2) is 5.52. The average Bonchev–Trinajstić information content (AvgIpc) is 2.38. The molecule has 0 unspecified atom stereocenters. The van der Waals surface area contributed by atoms with E-state index >= 15 is 0 Å². The first-order valence-corrected chi connectivity index (χ1v) is 7.09. The molecule has 4 heteroatoms. The minimum Gasteiger partial charge on any atom is -0.336 e.